The molecule has 0 unspecified atom stereocenters. The zero-order valence-electron chi connectivity index (χ0n) is 12.5. The maximum atomic E-state index is 4.57. The van der Waals surface area contributed by atoms with Crippen LogP contribution in [0.1, 0.15) is 39.2 Å². The molecule has 0 radical (unpaired) electrons. The van der Waals surface area contributed by atoms with Gasteiger partial charge in [-0.05, 0) is 40.9 Å². The van der Waals surface area contributed by atoms with Gasteiger partial charge < -0.3 is 10.2 Å². The Bertz CT molecular complexity index is 380. The molecule has 1 rings (SSSR count). The minimum absolute atomic E-state index is 0.668. The number of anilines is 1. The van der Waals surface area contributed by atoms with Crippen molar-refractivity contribution in [1.82, 2.24) is 10.3 Å². The fourth-order valence-electron chi connectivity index (χ4n) is 1.94. The van der Waals surface area contributed by atoms with Gasteiger partial charge in [-0.1, -0.05) is 27.2 Å². The summed E-state index contributed by atoms with van der Waals surface area (Å²) in [7, 11) is 2.12. The Morgan fingerprint density at radius 1 is 1.42 bits per heavy atom. The van der Waals surface area contributed by atoms with Crippen molar-refractivity contribution < 1.29 is 0 Å². The van der Waals surface area contributed by atoms with Gasteiger partial charge in [0.05, 0.1) is 0 Å². The van der Waals surface area contributed by atoms with Crippen LogP contribution in [0.2, 0.25) is 0 Å². The van der Waals surface area contributed by atoms with E-state index in [9.17, 15) is 0 Å². The number of halogens is 1. The molecule has 108 valence electrons. The lowest BCUT2D eigenvalue weighted by atomic mass is 10.2. The maximum absolute atomic E-state index is 4.57. The van der Waals surface area contributed by atoms with Crippen LogP contribution in [0.15, 0.2) is 16.7 Å². The lowest BCUT2D eigenvalue weighted by Crippen LogP contribution is -2.24. The fourth-order valence-corrected chi connectivity index (χ4v) is 2.32. The lowest BCUT2D eigenvalue weighted by Gasteiger charge is -2.21. The summed E-state index contributed by atoms with van der Waals surface area (Å²) in [6.45, 7) is 9.62. The van der Waals surface area contributed by atoms with Gasteiger partial charge in [-0.25, -0.2) is 4.98 Å². The van der Waals surface area contributed by atoms with E-state index in [1.807, 2.05) is 6.20 Å². The van der Waals surface area contributed by atoms with E-state index < -0.39 is 0 Å². The summed E-state index contributed by atoms with van der Waals surface area (Å²) in [5.74, 6) is 1.76. The molecule has 0 fully saturated rings. The molecule has 0 aromatic carbocycles. The highest BCUT2D eigenvalue weighted by atomic mass is 79.9. The maximum Gasteiger partial charge on any atom is 0.132 e. The van der Waals surface area contributed by atoms with Crippen LogP contribution >= 0.6 is 15.9 Å². The number of rotatable bonds is 8. The zero-order chi connectivity index (χ0) is 14.3. The minimum atomic E-state index is 0.668. The molecule has 0 aliphatic carbocycles. The third kappa shape index (κ3) is 5.91. The Hall–Kier alpha value is -0.610. The SMILES string of the molecule is CCCCN(C)c1ncc(Br)cc1CNCC(C)C. The Labute approximate surface area is 125 Å². The fraction of sp³-hybridized carbons (Fsp3) is 0.667. The topological polar surface area (TPSA) is 28.2 Å². The molecule has 0 bridgehead atoms. The highest BCUT2D eigenvalue weighted by Gasteiger charge is 2.09. The van der Waals surface area contributed by atoms with Gasteiger partial charge in [0, 0.05) is 36.4 Å². The van der Waals surface area contributed by atoms with Gasteiger partial charge in [-0.3, -0.25) is 0 Å². The van der Waals surface area contributed by atoms with Gasteiger partial charge in [-0.2, -0.15) is 0 Å². The van der Waals surface area contributed by atoms with E-state index in [1.54, 1.807) is 0 Å². The second-order valence-electron chi connectivity index (χ2n) is 5.44. The van der Waals surface area contributed by atoms with Gasteiger partial charge in [0.2, 0.25) is 0 Å². The first-order valence-electron chi connectivity index (χ1n) is 7.10. The van der Waals surface area contributed by atoms with E-state index in [2.05, 4.69) is 65.0 Å². The molecule has 1 aromatic heterocycles. The average Bonchev–Trinajstić information content (AvgIpc) is 2.35. The largest absolute Gasteiger partial charge is 0.359 e. The molecular formula is C15H26BrN3. The Kier molecular flexibility index (Phi) is 7.39. The van der Waals surface area contributed by atoms with Gasteiger partial charge in [0.1, 0.15) is 5.82 Å². The molecule has 0 aliphatic heterocycles. The van der Waals surface area contributed by atoms with Crippen LogP contribution < -0.4 is 10.2 Å². The Morgan fingerprint density at radius 2 is 2.16 bits per heavy atom. The van der Waals surface area contributed by atoms with Crippen molar-refractivity contribution in [3.05, 3.63) is 22.3 Å². The van der Waals surface area contributed by atoms with Crippen molar-refractivity contribution in [2.24, 2.45) is 5.92 Å². The monoisotopic (exact) mass is 327 g/mol. The van der Waals surface area contributed by atoms with E-state index in [4.69, 9.17) is 0 Å². The molecule has 0 spiro atoms. The summed E-state index contributed by atoms with van der Waals surface area (Å²) in [6.07, 6.45) is 4.29. The molecule has 0 saturated heterocycles. The predicted molar refractivity (Wildman–Crippen MR) is 86.7 cm³/mol. The van der Waals surface area contributed by atoms with E-state index in [1.165, 1.54) is 18.4 Å². The van der Waals surface area contributed by atoms with Crippen molar-refractivity contribution in [3.8, 4) is 0 Å². The quantitative estimate of drug-likeness (QED) is 0.786. The molecule has 19 heavy (non-hydrogen) atoms. The van der Waals surface area contributed by atoms with E-state index in [0.29, 0.717) is 5.92 Å². The molecule has 0 aliphatic rings. The number of unbranched alkanes of at least 4 members (excludes halogenated alkanes) is 1. The van der Waals surface area contributed by atoms with E-state index in [-0.39, 0.29) is 0 Å². The van der Waals surface area contributed by atoms with E-state index >= 15 is 0 Å². The molecule has 3 nitrogen and oxygen atoms in total. The first-order valence-corrected chi connectivity index (χ1v) is 7.90. The molecule has 0 saturated carbocycles. The van der Waals surface area contributed by atoms with Crippen molar-refractivity contribution in [3.63, 3.8) is 0 Å². The Balaban J connectivity index is 2.73. The zero-order valence-corrected chi connectivity index (χ0v) is 14.1. The van der Waals surface area contributed by atoms with Gasteiger partial charge in [0.15, 0.2) is 0 Å². The van der Waals surface area contributed by atoms with Gasteiger partial charge >= 0.3 is 0 Å². The number of aromatic nitrogens is 1. The number of hydrogen-bond donors (Lipinski definition) is 1. The molecular weight excluding hydrogens is 302 g/mol. The van der Waals surface area contributed by atoms with Gasteiger partial charge in [0.25, 0.3) is 0 Å². The molecule has 4 heteroatoms. The van der Waals surface area contributed by atoms with E-state index in [0.717, 1.165) is 29.9 Å². The van der Waals surface area contributed by atoms with Crippen LogP contribution in [0.3, 0.4) is 0 Å². The first kappa shape index (κ1) is 16.4. The molecule has 1 heterocycles. The van der Waals surface area contributed by atoms with Crippen LogP contribution in [-0.4, -0.2) is 25.1 Å². The van der Waals surface area contributed by atoms with Crippen LogP contribution in [0.25, 0.3) is 0 Å². The summed E-state index contributed by atoms with van der Waals surface area (Å²) in [5, 5.41) is 3.49. The van der Waals surface area contributed by atoms with Crippen molar-refractivity contribution in [1.29, 1.82) is 0 Å². The van der Waals surface area contributed by atoms with Crippen LogP contribution in [0.4, 0.5) is 5.82 Å². The highest BCUT2D eigenvalue weighted by molar-refractivity contribution is 9.10. The lowest BCUT2D eigenvalue weighted by molar-refractivity contribution is 0.551. The minimum Gasteiger partial charge on any atom is -0.359 e. The summed E-state index contributed by atoms with van der Waals surface area (Å²) in [6, 6.07) is 2.16. The highest BCUT2D eigenvalue weighted by Crippen LogP contribution is 2.21. The first-order chi connectivity index (χ1) is 9.04. The van der Waals surface area contributed by atoms with Crippen LogP contribution in [0.5, 0.6) is 0 Å². The second-order valence-corrected chi connectivity index (χ2v) is 6.35. The smallest absolute Gasteiger partial charge is 0.132 e. The number of pyridine rings is 1. The predicted octanol–water partition coefficient (Wildman–Crippen LogP) is 3.83. The Morgan fingerprint density at radius 3 is 2.79 bits per heavy atom. The third-order valence-electron chi connectivity index (χ3n) is 2.99. The standard InChI is InChI=1S/C15H26BrN3/c1-5-6-7-19(4)15-13(8-14(16)11-18-15)10-17-9-12(2)3/h8,11-12,17H,5-7,9-10H2,1-4H3. The average molecular weight is 328 g/mol. The molecule has 1 N–H and O–H groups in total. The number of hydrogen-bond acceptors (Lipinski definition) is 3. The van der Waals surface area contributed by atoms with Crippen molar-refractivity contribution in [2.45, 2.75) is 40.2 Å². The number of nitrogens with one attached hydrogen (secondary N) is 1. The van der Waals surface area contributed by atoms with Crippen molar-refractivity contribution >= 4 is 21.7 Å². The summed E-state index contributed by atoms with van der Waals surface area (Å²) >= 11 is 3.51. The molecule has 0 atom stereocenters. The molecule has 0 amide bonds. The van der Waals surface area contributed by atoms with Crippen LogP contribution in [-0.2, 0) is 6.54 Å². The van der Waals surface area contributed by atoms with Crippen LogP contribution in [0, 0.1) is 5.92 Å². The second kappa shape index (κ2) is 8.54. The van der Waals surface area contributed by atoms with Gasteiger partial charge in [-0.15, -0.1) is 0 Å². The third-order valence-corrected chi connectivity index (χ3v) is 3.42. The summed E-state index contributed by atoms with van der Waals surface area (Å²) in [4.78, 5) is 6.82. The van der Waals surface area contributed by atoms with Crippen molar-refractivity contribution in [2.75, 3.05) is 25.0 Å². The normalized spacial score (nSPS) is 11.1. The summed E-state index contributed by atoms with van der Waals surface area (Å²) in [5.41, 5.74) is 1.26. The molecule has 1 aromatic rings. The number of nitrogens with zero attached hydrogens (tertiary/aromatic N) is 2. The summed E-state index contributed by atoms with van der Waals surface area (Å²) < 4.78 is 1.04.